The van der Waals surface area contributed by atoms with E-state index in [0.717, 1.165) is 44.1 Å². The molecule has 0 aromatic rings. The van der Waals surface area contributed by atoms with Gasteiger partial charge in [0.1, 0.15) is 11.4 Å². The van der Waals surface area contributed by atoms with Gasteiger partial charge < -0.3 is 9.47 Å². The average molecular weight is 365 g/mol. The van der Waals surface area contributed by atoms with Crippen molar-refractivity contribution in [2.75, 3.05) is 13.7 Å². The molecule has 0 amide bonds. The summed E-state index contributed by atoms with van der Waals surface area (Å²) < 4.78 is 9.52. The Balaban J connectivity index is 1.84. The monoisotopic (exact) mass is 364 g/mol. The molecule has 2 aliphatic carbocycles. The molecule has 1 heterocycles. The third kappa shape index (κ3) is 3.05. The topological polar surface area (TPSA) is 52.6 Å². The number of carbonyl (C=O) groups excluding carboxylic acids is 2. The highest BCUT2D eigenvalue weighted by molar-refractivity contribution is 7.82. The standard InChI is InChI=1S/C20H28O4S/c1-13-5-8-17-19(2,9-4-10-20(17,25)18(22)23-3)15(13)7-6-14-11-24-12-16(14)21/h11,15,17,25H,1,4-10,12H2,2-3H3/t15?,17?,19-,20-/m1/s1. The highest BCUT2D eigenvalue weighted by Gasteiger charge is 2.58. The van der Waals surface area contributed by atoms with Crippen molar-refractivity contribution < 1.29 is 19.1 Å². The zero-order valence-corrected chi connectivity index (χ0v) is 16.1. The first kappa shape index (κ1) is 18.6. The fourth-order valence-electron chi connectivity index (χ4n) is 5.42. The van der Waals surface area contributed by atoms with Gasteiger partial charge in [0.25, 0.3) is 0 Å². The molecule has 2 unspecified atom stereocenters. The minimum Gasteiger partial charge on any atom is -0.493 e. The number of hydrogen-bond acceptors (Lipinski definition) is 5. The van der Waals surface area contributed by atoms with Crippen molar-refractivity contribution in [2.24, 2.45) is 17.3 Å². The molecule has 0 spiro atoms. The first-order valence-corrected chi connectivity index (χ1v) is 9.60. The second kappa shape index (κ2) is 6.82. The van der Waals surface area contributed by atoms with E-state index in [2.05, 4.69) is 13.5 Å². The maximum absolute atomic E-state index is 12.5. The van der Waals surface area contributed by atoms with Crippen molar-refractivity contribution in [3.05, 3.63) is 24.0 Å². The number of Topliss-reactive ketones (excluding diaryl/α,β-unsaturated/α-hetero) is 1. The number of ketones is 1. The summed E-state index contributed by atoms with van der Waals surface area (Å²) in [5.74, 6) is 0.339. The van der Waals surface area contributed by atoms with E-state index in [4.69, 9.17) is 22.1 Å². The summed E-state index contributed by atoms with van der Waals surface area (Å²) in [4.78, 5) is 24.3. The van der Waals surface area contributed by atoms with Crippen LogP contribution >= 0.6 is 12.6 Å². The molecule has 0 aromatic carbocycles. The van der Waals surface area contributed by atoms with Gasteiger partial charge in [0, 0.05) is 5.57 Å². The molecule has 2 saturated carbocycles. The van der Waals surface area contributed by atoms with Crippen molar-refractivity contribution in [2.45, 2.75) is 56.6 Å². The quantitative estimate of drug-likeness (QED) is 0.467. The minimum absolute atomic E-state index is 0.0351. The molecule has 0 bridgehead atoms. The zero-order chi connectivity index (χ0) is 18.2. The lowest BCUT2D eigenvalue weighted by Gasteiger charge is -2.57. The number of thiol groups is 1. The third-order valence-electron chi connectivity index (χ3n) is 6.73. The number of ether oxygens (including phenoxy) is 2. The number of fused-ring (bicyclic) bond motifs is 1. The van der Waals surface area contributed by atoms with Crippen LogP contribution in [0, 0.1) is 17.3 Å². The van der Waals surface area contributed by atoms with Gasteiger partial charge in [-0.05, 0) is 55.8 Å². The summed E-state index contributed by atoms with van der Waals surface area (Å²) >= 11 is 4.85. The summed E-state index contributed by atoms with van der Waals surface area (Å²) in [7, 11) is 1.45. The average Bonchev–Trinajstić information content (AvgIpc) is 2.98. The lowest BCUT2D eigenvalue weighted by Crippen LogP contribution is -2.56. The molecule has 25 heavy (non-hydrogen) atoms. The number of allylic oxidation sites excluding steroid dienone is 1. The Bertz CT molecular complexity index is 625. The highest BCUT2D eigenvalue weighted by atomic mass is 32.1. The van der Waals surface area contributed by atoms with Crippen LogP contribution in [0.2, 0.25) is 0 Å². The molecule has 1 aliphatic heterocycles. The third-order valence-corrected chi connectivity index (χ3v) is 7.45. The van der Waals surface area contributed by atoms with E-state index >= 15 is 0 Å². The van der Waals surface area contributed by atoms with Crippen LogP contribution in [0.5, 0.6) is 0 Å². The van der Waals surface area contributed by atoms with E-state index in [1.165, 1.54) is 12.7 Å². The van der Waals surface area contributed by atoms with Gasteiger partial charge in [-0.1, -0.05) is 25.5 Å². The Labute approximate surface area is 155 Å². The van der Waals surface area contributed by atoms with Crippen LogP contribution in [-0.2, 0) is 19.1 Å². The number of hydrogen-bond donors (Lipinski definition) is 1. The summed E-state index contributed by atoms with van der Waals surface area (Å²) in [6.45, 7) is 6.78. The molecule has 2 fully saturated rings. The van der Waals surface area contributed by atoms with Gasteiger partial charge >= 0.3 is 5.97 Å². The largest absolute Gasteiger partial charge is 0.493 e. The van der Waals surface area contributed by atoms with Gasteiger partial charge in [-0.3, -0.25) is 9.59 Å². The molecule has 0 saturated heterocycles. The number of carbonyl (C=O) groups is 2. The maximum Gasteiger partial charge on any atom is 0.321 e. The van der Waals surface area contributed by atoms with Gasteiger partial charge in [0.05, 0.1) is 13.4 Å². The molecule has 0 radical (unpaired) electrons. The Kier molecular flexibility index (Phi) is 5.06. The van der Waals surface area contributed by atoms with E-state index in [9.17, 15) is 9.59 Å². The van der Waals surface area contributed by atoms with E-state index in [1.54, 1.807) is 6.26 Å². The smallest absolute Gasteiger partial charge is 0.321 e. The second-order valence-electron chi connectivity index (χ2n) is 7.99. The van der Waals surface area contributed by atoms with Crippen LogP contribution in [0.3, 0.4) is 0 Å². The molecule has 4 nitrogen and oxygen atoms in total. The van der Waals surface area contributed by atoms with Crippen LogP contribution in [-0.4, -0.2) is 30.2 Å². The lowest BCUT2D eigenvalue weighted by atomic mass is 9.50. The first-order valence-electron chi connectivity index (χ1n) is 9.15. The molecule has 138 valence electrons. The van der Waals surface area contributed by atoms with E-state index in [0.29, 0.717) is 6.42 Å². The molecule has 0 aromatic heterocycles. The maximum atomic E-state index is 12.5. The summed E-state index contributed by atoms with van der Waals surface area (Å²) in [5, 5.41) is 0. The zero-order valence-electron chi connectivity index (χ0n) is 15.2. The predicted octanol–water partition coefficient (Wildman–Crippen LogP) is 3.86. The first-order chi connectivity index (χ1) is 11.8. The van der Waals surface area contributed by atoms with Gasteiger partial charge in [-0.2, -0.15) is 12.6 Å². The fourth-order valence-corrected chi connectivity index (χ4v) is 6.09. The number of esters is 1. The second-order valence-corrected chi connectivity index (χ2v) is 8.79. The van der Waals surface area contributed by atoms with Crippen molar-refractivity contribution in [1.82, 2.24) is 0 Å². The van der Waals surface area contributed by atoms with Gasteiger partial charge in [-0.15, -0.1) is 0 Å². The molecule has 3 rings (SSSR count). The van der Waals surface area contributed by atoms with E-state index < -0.39 is 4.75 Å². The van der Waals surface area contributed by atoms with Gasteiger partial charge in [-0.25, -0.2) is 0 Å². The Morgan fingerprint density at radius 3 is 2.88 bits per heavy atom. The van der Waals surface area contributed by atoms with Crippen molar-refractivity contribution in [3.63, 3.8) is 0 Å². The van der Waals surface area contributed by atoms with Crippen LogP contribution in [0.4, 0.5) is 0 Å². The predicted molar refractivity (Wildman–Crippen MR) is 99.3 cm³/mol. The van der Waals surface area contributed by atoms with Crippen molar-refractivity contribution in [1.29, 1.82) is 0 Å². The number of rotatable bonds is 4. The van der Waals surface area contributed by atoms with Gasteiger partial charge in [0.2, 0.25) is 0 Å². The van der Waals surface area contributed by atoms with Crippen LogP contribution in [0.1, 0.15) is 51.9 Å². The Hall–Kier alpha value is -1.23. The summed E-state index contributed by atoms with van der Waals surface area (Å²) in [6, 6.07) is 0. The molecule has 3 aliphatic rings. The highest BCUT2D eigenvalue weighted by Crippen LogP contribution is 2.61. The minimum atomic E-state index is -0.716. The molecule has 5 heteroatoms. The van der Waals surface area contributed by atoms with Crippen molar-refractivity contribution in [3.8, 4) is 0 Å². The molecule has 4 atom stereocenters. The SMILES string of the molecule is C=C1CCC2[C@](C)(CCC[C@]2(S)C(=O)OC)C1CCC1=COCC1=O. The van der Waals surface area contributed by atoms with Crippen molar-refractivity contribution >= 4 is 24.4 Å². The molecular formula is C20H28O4S. The molecule has 0 N–H and O–H groups in total. The summed E-state index contributed by atoms with van der Waals surface area (Å²) in [5.41, 5.74) is 1.99. The normalized spacial score (nSPS) is 38.0. The number of methoxy groups -OCH3 is 1. The van der Waals surface area contributed by atoms with Crippen LogP contribution < -0.4 is 0 Å². The molecular weight excluding hydrogens is 336 g/mol. The van der Waals surface area contributed by atoms with E-state index in [-0.39, 0.29) is 35.6 Å². The Morgan fingerprint density at radius 1 is 1.48 bits per heavy atom. The van der Waals surface area contributed by atoms with Crippen LogP contribution in [0.15, 0.2) is 24.0 Å². The van der Waals surface area contributed by atoms with E-state index in [1.807, 2.05) is 0 Å². The summed E-state index contributed by atoms with van der Waals surface area (Å²) in [6.07, 6.45) is 7.80. The van der Waals surface area contributed by atoms with Gasteiger partial charge in [0.15, 0.2) is 5.78 Å². The Morgan fingerprint density at radius 2 is 2.24 bits per heavy atom. The van der Waals surface area contributed by atoms with Crippen LogP contribution in [0.25, 0.3) is 0 Å². The fraction of sp³-hybridized carbons (Fsp3) is 0.700. The lowest BCUT2D eigenvalue weighted by molar-refractivity contribution is -0.150.